The van der Waals surface area contributed by atoms with Gasteiger partial charge in [0.1, 0.15) is 5.82 Å². The zero-order valence-corrected chi connectivity index (χ0v) is 12.3. The molecule has 0 amide bonds. The third-order valence-electron chi connectivity index (χ3n) is 2.29. The summed E-state index contributed by atoms with van der Waals surface area (Å²) in [6.07, 6.45) is 0.576. The minimum Gasteiger partial charge on any atom is -0.393 e. The maximum Gasteiger partial charge on any atom is 0.240 e. The van der Waals surface area contributed by atoms with Gasteiger partial charge in [0.15, 0.2) is 0 Å². The van der Waals surface area contributed by atoms with Crippen LogP contribution in [0.4, 0.5) is 4.39 Å². The van der Waals surface area contributed by atoms with Crippen LogP contribution in [0.15, 0.2) is 27.6 Å². The topological polar surface area (TPSA) is 66.4 Å². The monoisotopic (exact) mass is 339 g/mol. The fraction of sp³-hybridized carbons (Fsp3) is 0.455. The van der Waals surface area contributed by atoms with Crippen LogP contribution in [-0.4, -0.2) is 26.2 Å². The summed E-state index contributed by atoms with van der Waals surface area (Å²) >= 11 is 2.96. The van der Waals surface area contributed by atoms with Crippen molar-refractivity contribution in [2.75, 3.05) is 6.54 Å². The van der Waals surface area contributed by atoms with E-state index < -0.39 is 21.9 Å². The number of hydrogen-bond donors (Lipinski definition) is 2. The Morgan fingerprint density at radius 1 is 1.50 bits per heavy atom. The van der Waals surface area contributed by atoms with Gasteiger partial charge in [-0.2, -0.15) is 0 Å². The molecule has 1 rings (SSSR count). The van der Waals surface area contributed by atoms with Crippen molar-refractivity contribution in [3.05, 3.63) is 28.5 Å². The largest absolute Gasteiger partial charge is 0.393 e. The molecule has 0 heterocycles. The second-order valence-electron chi connectivity index (χ2n) is 3.96. The van der Waals surface area contributed by atoms with Crippen molar-refractivity contribution in [3.63, 3.8) is 0 Å². The van der Waals surface area contributed by atoms with Gasteiger partial charge in [-0.3, -0.25) is 0 Å². The second kappa shape index (κ2) is 6.60. The molecule has 1 aromatic rings. The van der Waals surface area contributed by atoms with E-state index in [0.717, 1.165) is 6.07 Å². The minimum atomic E-state index is -3.69. The molecule has 18 heavy (non-hydrogen) atoms. The molecule has 2 N–H and O–H groups in total. The maximum atomic E-state index is 13.2. The van der Waals surface area contributed by atoms with Crippen LogP contribution in [0.2, 0.25) is 0 Å². The van der Waals surface area contributed by atoms with Crippen LogP contribution in [0, 0.1) is 5.82 Å². The zero-order chi connectivity index (χ0) is 13.8. The highest BCUT2D eigenvalue weighted by Gasteiger charge is 2.15. The van der Waals surface area contributed by atoms with Crippen LogP contribution < -0.4 is 4.72 Å². The highest BCUT2D eigenvalue weighted by atomic mass is 79.9. The summed E-state index contributed by atoms with van der Waals surface area (Å²) in [6, 6.07) is 3.63. The van der Waals surface area contributed by atoms with Crippen molar-refractivity contribution in [2.45, 2.75) is 30.8 Å². The first kappa shape index (κ1) is 15.6. The Morgan fingerprint density at radius 3 is 2.72 bits per heavy atom. The molecule has 0 aliphatic carbocycles. The third kappa shape index (κ3) is 4.64. The average molecular weight is 340 g/mol. The predicted octanol–water partition coefficient (Wildman–Crippen LogP) is 2.03. The molecule has 1 atom stereocenters. The number of rotatable bonds is 6. The number of nitrogens with one attached hydrogen (secondary N) is 1. The van der Waals surface area contributed by atoms with Crippen LogP contribution in [0.25, 0.3) is 0 Å². The molecular weight excluding hydrogens is 325 g/mol. The molecule has 0 aliphatic heterocycles. The smallest absolute Gasteiger partial charge is 0.240 e. The number of halogens is 2. The lowest BCUT2D eigenvalue weighted by atomic mass is 10.2. The fourth-order valence-corrected chi connectivity index (χ4v) is 2.66. The second-order valence-corrected chi connectivity index (χ2v) is 6.59. The van der Waals surface area contributed by atoms with Gasteiger partial charge in [0.05, 0.1) is 15.5 Å². The van der Waals surface area contributed by atoms with Gasteiger partial charge in [0, 0.05) is 6.54 Å². The van der Waals surface area contributed by atoms with Gasteiger partial charge in [0.25, 0.3) is 0 Å². The Bertz CT molecular complexity index is 505. The third-order valence-corrected chi connectivity index (χ3v) is 4.39. The van der Waals surface area contributed by atoms with Gasteiger partial charge in [-0.25, -0.2) is 17.5 Å². The first-order valence-electron chi connectivity index (χ1n) is 5.45. The first-order chi connectivity index (χ1) is 8.33. The quantitative estimate of drug-likeness (QED) is 0.779. The van der Waals surface area contributed by atoms with Gasteiger partial charge in [-0.05, 0) is 53.9 Å². The van der Waals surface area contributed by atoms with E-state index in [1.165, 1.54) is 12.1 Å². The molecule has 0 aliphatic rings. The standard InChI is InChI=1S/C11H15BrFNO3S/c1-8(15)3-2-6-14-18(16,17)9-4-5-10(12)11(13)7-9/h4-5,7-8,14-15H,2-3,6H2,1H3. The van der Waals surface area contributed by atoms with Crippen LogP contribution in [0.3, 0.4) is 0 Å². The predicted molar refractivity (Wildman–Crippen MR) is 70.2 cm³/mol. The molecule has 0 saturated carbocycles. The highest BCUT2D eigenvalue weighted by molar-refractivity contribution is 9.10. The summed E-state index contributed by atoms with van der Waals surface area (Å²) in [7, 11) is -3.69. The number of aliphatic hydroxyl groups excluding tert-OH is 1. The van der Waals surface area contributed by atoms with Crippen LogP contribution >= 0.6 is 15.9 Å². The van der Waals surface area contributed by atoms with Crippen molar-refractivity contribution in [1.29, 1.82) is 0 Å². The maximum absolute atomic E-state index is 13.2. The van der Waals surface area contributed by atoms with Crippen molar-refractivity contribution >= 4 is 26.0 Å². The molecular formula is C11H15BrFNO3S. The summed E-state index contributed by atoms with van der Waals surface area (Å²) in [5, 5.41) is 9.03. The van der Waals surface area contributed by atoms with Gasteiger partial charge in [-0.1, -0.05) is 0 Å². The SMILES string of the molecule is CC(O)CCCNS(=O)(=O)c1ccc(Br)c(F)c1. The summed E-state index contributed by atoms with van der Waals surface area (Å²) in [5.74, 6) is -0.623. The van der Waals surface area contributed by atoms with Gasteiger partial charge in [-0.15, -0.1) is 0 Å². The first-order valence-corrected chi connectivity index (χ1v) is 7.73. The molecule has 1 aromatic carbocycles. The lowest BCUT2D eigenvalue weighted by Gasteiger charge is -2.08. The van der Waals surface area contributed by atoms with E-state index in [9.17, 15) is 12.8 Å². The van der Waals surface area contributed by atoms with Crippen LogP contribution in [0.1, 0.15) is 19.8 Å². The van der Waals surface area contributed by atoms with Crippen molar-refractivity contribution in [1.82, 2.24) is 4.72 Å². The molecule has 102 valence electrons. The molecule has 1 unspecified atom stereocenters. The summed E-state index contributed by atoms with van der Waals surface area (Å²) < 4.78 is 39.4. The van der Waals surface area contributed by atoms with Crippen molar-refractivity contribution in [3.8, 4) is 0 Å². The number of aliphatic hydroxyl groups is 1. The molecule has 7 heteroatoms. The highest BCUT2D eigenvalue weighted by Crippen LogP contribution is 2.19. The lowest BCUT2D eigenvalue weighted by Crippen LogP contribution is -2.25. The summed E-state index contributed by atoms with van der Waals surface area (Å²) in [5.41, 5.74) is 0. The van der Waals surface area contributed by atoms with Crippen LogP contribution in [0.5, 0.6) is 0 Å². The summed E-state index contributed by atoms with van der Waals surface area (Å²) in [4.78, 5) is -0.111. The Morgan fingerprint density at radius 2 is 2.17 bits per heavy atom. The number of benzene rings is 1. The molecule has 4 nitrogen and oxygen atoms in total. The Balaban J connectivity index is 2.66. The Hall–Kier alpha value is -0.500. The molecule has 0 radical (unpaired) electrons. The normalized spacial score (nSPS) is 13.6. The number of sulfonamides is 1. The molecule has 0 fully saturated rings. The lowest BCUT2D eigenvalue weighted by molar-refractivity contribution is 0.182. The molecule has 0 bridgehead atoms. The van der Waals surface area contributed by atoms with E-state index in [2.05, 4.69) is 20.7 Å². The molecule has 0 aromatic heterocycles. The fourth-order valence-electron chi connectivity index (χ4n) is 1.33. The average Bonchev–Trinajstić information content (AvgIpc) is 2.28. The summed E-state index contributed by atoms with van der Waals surface area (Å²) in [6.45, 7) is 1.85. The van der Waals surface area contributed by atoms with Crippen molar-refractivity contribution < 1.29 is 17.9 Å². The van der Waals surface area contributed by atoms with E-state index in [-0.39, 0.29) is 15.9 Å². The zero-order valence-electron chi connectivity index (χ0n) is 9.86. The van der Waals surface area contributed by atoms with E-state index >= 15 is 0 Å². The van der Waals surface area contributed by atoms with Crippen LogP contribution in [-0.2, 0) is 10.0 Å². The Labute approximate surface area is 114 Å². The molecule has 0 spiro atoms. The van der Waals surface area contributed by atoms with E-state index in [0.29, 0.717) is 12.8 Å². The minimum absolute atomic E-state index is 0.111. The number of hydrogen-bond acceptors (Lipinski definition) is 3. The Kier molecular flexibility index (Phi) is 5.71. The molecule has 0 saturated heterocycles. The van der Waals surface area contributed by atoms with E-state index in [1.54, 1.807) is 6.92 Å². The van der Waals surface area contributed by atoms with Gasteiger partial charge >= 0.3 is 0 Å². The van der Waals surface area contributed by atoms with Gasteiger partial charge in [0.2, 0.25) is 10.0 Å². The van der Waals surface area contributed by atoms with E-state index in [1.807, 2.05) is 0 Å². The van der Waals surface area contributed by atoms with E-state index in [4.69, 9.17) is 5.11 Å². The van der Waals surface area contributed by atoms with Gasteiger partial charge < -0.3 is 5.11 Å². The van der Waals surface area contributed by atoms with Crippen molar-refractivity contribution in [2.24, 2.45) is 0 Å².